The van der Waals surface area contributed by atoms with Gasteiger partial charge < -0.3 is 5.11 Å². The van der Waals surface area contributed by atoms with Crippen LogP contribution in [-0.2, 0) is 6.54 Å². The van der Waals surface area contributed by atoms with Crippen LogP contribution in [0.15, 0.2) is 18.2 Å². The van der Waals surface area contributed by atoms with Crippen molar-refractivity contribution in [1.82, 2.24) is 4.90 Å². The first-order chi connectivity index (χ1) is 8.24. The molecule has 4 heteroatoms. The maximum atomic E-state index is 13.6. The molecule has 17 heavy (non-hydrogen) atoms. The van der Waals surface area contributed by atoms with Crippen molar-refractivity contribution in [3.63, 3.8) is 0 Å². The zero-order valence-corrected chi connectivity index (χ0v) is 9.56. The third-order valence-corrected chi connectivity index (χ3v) is 3.26. The van der Waals surface area contributed by atoms with E-state index in [2.05, 4.69) is 4.90 Å². The Labute approximate surface area is 100 Å². The van der Waals surface area contributed by atoms with E-state index >= 15 is 0 Å². The predicted octanol–water partition coefficient (Wildman–Crippen LogP) is 1.65. The van der Waals surface area contributed by atoms with Gasteiger partial charge in [-0.15, -0.1) is 0 Å². The molecule has 3 nitrogen and oxygen atoms in total. The summed E-state index contributed by atoms with van der Waals surface area (Å²) < 4.78 is 13.6. The molecule has 1 aromatic carbocycles. The average molecular weight is 234 g/mol. The Balaban J connectivity index is 2.15. The third kappa shape index (κ3) is 2.63. The molecule has 1 fully saturated rings. The van der Waals surface area contributed by atoms with Gasteiger partial charge in [0.1, 0.15) is 5.82 Å². The minimum atomic E-state index is -0.285. The zero-order chi connectivity index (χ0) is 12.3. The Bertz CT molecular complexity index is 442. The van der Waals surface area contributed by atoms with E-state index in [9.17, 15) is 9.50 Å². The van der Waals surface area contributed by atoms with E-state index in [0.717, 1.165) is 19.4 Å². The van der Waals surface area contributed by atoms with Crippen molar-refractivity contribution in [2.75, 3.05) is 13.2 Å². The van der Waals surface area contributed by atoms with Gasteiger partial charge in [0.15, 0.2) is 0 Å². The first-order valence-corrected chi connectivity index (χ1v) is 5.78. The van der Waals surface area contributed by atoms with Crippen LogP contribution in [0.1, 0.15) is 24.0 Å². The van der Waals surface area contributed by atoms with Crippen LogP contribution in [0.4, 0.5) is 4.39 Å². The summed E-state index contributed by atoms with van der Waals surface area (Å²) in [5, 5.41) is 18.0. The molecule has 90 valence electrons. The maximum Gasteiger partial charge on any atom is 0.127 e. The van der Waals surface area contributed by atoms with Crippen molar-refractivity contribution < 1.29 is 9.50 Å². The molecule has 1 atom stereocenters. The lowest BCUT2D eigenvalue weighted by atomic mass is 10.1. The number of likely N-dealkylation sites (tertiary alicyclic amines) is 1. The van der Waals surface area contributed by atoms with E-state index < -0.39 is 0 Å². The molecule has 1 heterocycles. The van der Waals surface area contributed by atoms with Gasteiger partial charge in [-0.3, -0.25) is 4.90 Å². The van der Waals surface area contributed by atoms with E-state index in [1.54, 1.807) is 6.07 Å². The Kier molecular flexibility index (Phi) is 3.72. The molecule has 1 aromatic rings. The highest BCUT2D eigenvalue weighted by Gasteiger charge is 2.24. The molecule has 0 bridgehead atoms. The van der Waals surface area contributed by atoms with Crippen LogP contribution in [0, 0.1) is 17.1 Å². The summed E-state index contributed by atoms with van der Waals surface area (Å²) >= 11 is 0. The molecular weight excluding hydrogens is 219 g/mol. The van der Waals surface area contributed by atoms with Gasteiger partial charge >= 0.3 is 0 Å². The minimum absolute atomic E-state index is 0.111. The summed E-state index contributed by atoms with van der Waals surface area (Å²) in [4.78, 5) is 2.07. The molecule has 0 saturated carbocycles. The largest absolute Gasteiger partial charge is 0.395 e. The molecule has 1 saturated heterocycles. The van der Waals surface area contributed by atoms with Crippen LogP contribution in [-0.4, -0.2) is 29.2 Å². The molecule has 0 amide bonds. The van der Waals surface area contributed by atoms with Crippen molar-refractivity contribution >= 4 is 0 Å². The van der Waals surface area contributed by atoms with Gasteiger partial charge in [0, 0.05) is 18.2 Å². The van der Waals surface area contributed by atoms with E-state index in [4.69, 9.17) is 5.26 Å². The van der Waals surface area contributed by atoms with Crippen LogP contribution in [0.25, 0.3) is 0 Å². The fraction of sp³-hybridized carbons (Fsp3) is 0.462. The lowest BCUT2D eigenvalue weighted by Gasteiger charge is -2.22. The molecule has 0 aromatic heterocycles. The predicted molar refractivity (Wildman–Crippen MR) is 61.6 cm³/mol. The molecule has 1 aliphatic rings. The SMILES string of the molecule is N#Cc1ccc(F)c(CN2CCC[C@@H]2CO)c1. The highest BCUT2D eigenvalue weighted by molar-refractivity contribution is 5.33. The fourth-order valence-electron chi connectivity index (χ4n) is 2.29. The van der Waals surface area contributed by atoms with Crippen molar-refractivity contribution in [3.8, 4) is 6.07 Å². The summed E-state index contributed by atoms with van der Waals surface area (Å²) in [6.07, 6.45) is 1.99. The standard InChI is InChI=1S/C13H15FN2O/c14-13-4-3-10(7-15)6-11(13)8-16-5-1-2-12(16)9-17/h3-4,6,12,17H,1-2,5,8-9H2/t12-/m1/s1. The lowest BCUT2D eigenvalue weighted by Crippen LogP contribution is -2.31. The molecule has 0 spiro atoms. The van der Waals surface area contributed by atoms with Gasteiger partial charge in [-0.05, 0) is 37.6 Å². The summed E-state index contributed by atoms with van der Waals surface area (Å²) in [5.74, 6) is -0.285. The Hall–Kier alpha value is -1.44. The summed E-state index contributed by atoms with van der Waals surface area (Å²) in [5.41, 5.74) is 1.01. The second kappa shape index (κ2) is 5.26. The number of benzene rings is 1. The van der Waals surface area contributed by atoms with Gasteiger partial charge in [-0.25, -0.2) is 4.39 Å². The van der Waals surface area contributed by atoms with E-state index in [0.29, 0.717) is 17.7 Å². The van der Waals surface area contributed by atoms with Crippen LogP contribution >= 0.6 is 0 Å². The minimum Gasteiger partial charge on any atom is -0.395 e. The van der Waals surface area contributed by atoms with Crippen LogP contribution < -0.4 is 0 Å². The van der Waals surface area contributed by atoms with Gasteiger partial charge in [0.2, 0.25) is 0 Å². The maximum absolute atomic E-state index is 13.6. The van der Waals surface area contributed by atoms with Crippen molar-refractivity contribution in [1.29, 1.82) is 5.26 Å². The molecule has 2 rings (SSSR count). The molecule has 1 aliphatic heterocycles. The van der Waals surface area contributed by atoms with E-state index in [1.807, 2.05) is 6.07 Å². The number of hydrogen-bond acceptors (Lipinski definition) is 3. The number of nitrogens with zero attached hydrogens (tertiary/aromatic N) is 2. The second-order valence-corrected chi connectivity index (χ2v) is 4.37. The van der Waals surface area contributed by atoms with Gasteiger partial charge in [-0.2, -0.15) is 5.26 Å². The Morgan fingerprint density at radius 3 is 3.06 bits per heavy atom. The quantitative estimate of drug-likeness (QED) is 0.865. The van der Waals surface area contributed by atoms with Crippen LogP contribution in [0.2, 0.25) is 0 Å². The number of rotatable bonds is 3. The molecule has 0 aliphatic carbocycles. The smallest absolute Gasteiger partial charge is 0.127 e. The zero-order valence-electron chi connectivity index (χ0n) is 9.56. The third-order valence-electron chi connectivity index (χ3n) is 3.26. The average Bonchev–Trinajstić information content (AvgIpc) is 2.79. The first kappa shape index (κ1) is 12.0. The van der Waals surface area contributed by atoms with E-state index in [-0.39, 0.29) is 18.5 Å². The van der Waals surface area contributed by atoms with Crippen molar-refractivity contribution in [3.05, 3.63) is 35.1 Å². The Morgan fingerprint density at radius 2 is 2.35 bits per heavy atom. The normalized spacial score (nSPS) is 20.4. The van der Waals surface area contributed by atoms with Crippen molar-refractivity contribution in [2.24, 2.45) is 0 Å². The van der Waals surface area contributed by atoms with Gasteiger partial charge in [0.05, 0.1) is 18.2 Å². The topological polar surface area (TPSA) is 47.3 Å². The monoisotopic (exact) mass is 234 g/mol. The highest BCUT2D eigenvalue weighted by atomic mass is 19.1. The second-order valence-electron chi connectivity index (χ2n) is 4.37. The molecular formula is C13H15FN2O. The van der Waals surface area contributed by atoms with E-state index in [1.165, 1.54) is 12.1 Å². The number of aliphatic hydroxyl groups excluding tert-OH is 1. The number of halogens is 1. The number of aliphatic hydroxyl groups is 1. The number of hydrogen-bond donors (Lipinski definition) is 1. The molecule has 0 unspecified atom stereocenters. The summed E-state index contributed by atoms with van der Waals surface area (Å²) in [6, 6.07) is 6.53. The van der Waals surface area contributed by atoms with Crippen LogP contribution in [0.5, 0.6) is 0 Å². The fourth-order valence-corrected chi connectivity index (χ4v) is 2.29. The van der Waals surface area contributed by atoms with Crippen molar-refractivity contribution in [2.45, 2.75) is 25.4 Å². The lowest BCUT2D eigenvalue weighted by molar-refractivity contribution is 0.152. The summed E-state index contributed by atoms with van der Waals surface area (Å²) in [7, 11) is 0. The summed E-state index contributed by atoms with van der Waals surface area (Å²) in [6.45, 7) is 1.45. The van der Waals surface area contributed by atoms with Gasteiger partial charge in [0.25, 0.3) is 0 Å². The van der Waals surface area contributed by atoms with Gasteiger partial charge in [-0.1, -0.05) is 0 Å². The first-order valence-electron chi connectivity index (χ1n) is 5.78. The molecule has 1 N–H and O–H groups in total. The number of nitriles is 1. The van der Waals surface area contributed by atoms with Crippen LogP contribution in [0.3, 0.4) is 0 Å². The molecule has 0 radical (unpaired) electrons. The Morgan fingerprint density at radius 1 is 1.53 bits per heavy atom. The highest BCUT2D eigenvalue weighted by Crippen LogP contribution is 2.21.